The molecule has 2 aromatic heterocycles. The fourth-order valence-electron chi connectivity index (χ4n) is 2.10. The van der Waals surface area contributed by atoms with Crippen molar-refractivity contribution in [1.29, 1.82) is 0 Å². The highest BCUT2D eigenvalue weighted by Crippen LogP contribution is 2.29. The van der Waals surface area contributed by atoms with Crippen LogP contribution >= 0.6 is 23.2 Å². The summed E-state index contributed by atoms with van der Waals surface area (Å²) in [5, 5.41) is 0.0899. The SMILES string of the molecule is CC(Cl)c1nc2cc(Cl)cnc2n1-c1ccccc1F. The lowest BCUT2D eigenvalue weighted by Crippen LogP contribution is -2.04. The van der Waals surface area contributed by atoms with Gasteiger partial charge in [-0.1, -0.05) is 23.7 Å². The van der Waals surface area contributed by atoms with Crippen LogP contribution in [-0.4, -0.2) is 14.5 Å². The Morgan fingerprint density at radius 3 is 2.75 bits per heavy atom. The third kappa shape index (κ3) is 2.15. The molecule has 0 bridgehead atoms. The Morgan fingerprint density at radius 1 is 1.30 bits per heavy atom. The maximum Gasteiger partial charge on any atom is 0.164 e. The van der Waals surface area contributed by atoms with E-state index >= 15 is 0 Å². The predicted octanol–water partition coefficient (Wildman–Crippen LogP) is 4.51. The van der Waals surface area contributed by atoms with Crippen molar-refractivity contribution in [2.24, 2.45) is 0 Å². The van der Waals surface area contributed by atoms with Crippen molar-refractivity contribution in [3.05, 3.63) is 53.2 Å². The van der Waals surface area contributed by atoms with Gasteiger partial charge >= 0.3 is 0 Å². The number of halogens is 3. The van der Waals surface area contributed by atoms with E-state index in [4.69, 9.17) is 23.2 Å². The highest BCUT2D eigenvalue weighted by Gasteiger charge is 2.19. The average Bonchev–Trinajstić information content (AvgIpc) is 2.78. The first-order chi connectivity index (χ1) is 9.58. The minimum atomic E-state index is -0.386. The van der Waals surface area contributed by atoms with Crippen LogP contribution in [0.1, 0.15) is 18.1 Å². The van der Waals surface area contributed by atoms with Gasteiger partial charge in [0.15, 0.2) is 5.65 Å². The minimum Gasteiger partial charge on any atom is -0.276 e. The van der Waals surface area contributed by atoms with Gasteiger partial charge in [0, 0.05) is 6.20 Å². The third-order valence-electron chi connectivity index (χ3n) is 2.94. The highest BCUT2D eigenvalue weighted by atomic mass is 35.5. The Hall–Kier alpha value is -1.65. The molecule has 3 nitrogen and oxygen atoms in total. The van der Waals surface area contributed by atoms with Crippen LogP contribution in [0, 0.1) is 5.82 Å². The molecular weight excluding hydrogens is 300 g/mol. The van der Waals surface area contributed by atoms with E-state index in [0.29, 0.717) is 27.7 Å². The van der Waals surface area contributed by atoms with Gasteiger partial charge in [0.2, 0.25) is 0 Å². The van der Waals surface area contributed by atoms with Crippen LogP contribution in [0.3, 0.4) is 0 Å². The molecular formula is C14H10Cl2FN3. The lowest BCUT2D eigenvalue weighted by Gasteiger charge is -2.10. The number of benzene rings is 1. The summed E-state index contributed by atoms with van der Waals surface area (Å²) in [6, 6.07) is 8.12. The van der Waals surface area contributed by atoms with Crippen molar-refractivity contribution in [3.63, 3.8) is 0 Å². The van der Waals surface area contributed by atoms with Gasteiger partial charge in [0.1, 0.15) is 17.2 Å². The second-order valence-electron chi connectivity index (χ2n) is 4.37. The maximum absolute atomic E-state index is 14.1. The number of hydrogen-bond donors (Lipinski definition) is 0. The Kier molecular flexibility index (Phi) is 3.36. The molecule has 3 rings (SSSR count). The number of rotatable bonds is 2. The summed E-state index contributed by atoms with van der Waals surface area (Å²) in [5.74, 6) is 0.170. The highest BCUT2D eigenvalue weighted by molar-refractivity contribution is 6.31. The molecule has 1 atom stereocenters. The van der Waals surface area contributed by atoms with Crippen LogP contribution in [0.5, 0.6) is 0 Å². The van der Waals surface area contributed by atoms with Gasteiger partial charge in [-0.15, -0.1) is 11.6 Å². The molecule has 0 fully saturated rings. The van der Waals surface area contributed by atoms with Crippen molar-refractivity contribution < 1.29 is 4.39 Å². The van der Waals surface area contributed by atoms with Crippen LogP contribution in [-0.2, 0) is 0 Å². The van der Waals surface area contributed by atoms with Crippen LogP contribution < -0.4 is 0 Å². The number of nitrogens with zero attached hydrogens (tertiary/aromatic N) is 3. The molecule has 6 heteroatoms. The first-order valence-electron chi connectivity index (χ1n) is 6.01. The zero-order valence-corrected chi connectivity index (χ0v) is 12.0. The maximum atomic E-state index is 14.1. The van der Waals surface area contributed by atoms with E-state index in [2.05, 4.69) is 9.97 Å². The van der Waals surface area contributed by atoms with E-state index < -0.39 is 0 Å². The molecule has 0 aliphatic carbocycles. The fraction of sp³-hybridized carbons (Fsp3) is 0.143. The summed E-state index contributed by atoms with van der Waals surface area (Å²) in [5.41, 5.74) is 1.48. The molecule has 20 heavy (non-hydrogen) atoms. The van der Waals surface area contributed by atoms with Crippen molar-refractivity contribution in [3.8, 4) is 5.69 Å². The Bertz CT molecular complexity index is 783. The van der Waals surface area contributed by atoms with E-state index in [1.807, 2.05) is 0 Å². The van der Waals surface area contributed by atoms with Crippen LogP contribution in [0.2, 0.25) is 5.02 Å². The summed E-state index contributed by atoms with van der Waals surface area (Å²) < 4.78 is 15.7. The topological polar surface area (TPSA) is 30.7 Å². The summed E-state index contributed by atoms with van der Waals surface area (Å²) in [6.45, 7) is 1.78. The van der Waals surface area contributed by atoms with Gasteiger partial charge in [-0.2, -0.15) is 0 Å². The van der Waals surface area contributed by atoms with Crippen molar-refractivity contribution in [2.75, 3.05) is 0 Å². The molecule has 0 saturated carbocycles. The van der Waals surface area contributed by atoms with Crippen molar-refractivity contribution in [1.82, 2.24) is 14.5 Å². The van der Waals surface area contributed by atoms with Gasteiger partial charge in [-0.3, -0.25) is 4.57 Å². The van der Waals surface area contributed by atoms with E-state index in [1.165, 1.54) is 12.3 Å². The molecule has 0 aliphatic rings. The number of pyridine rings is 1. The van der Waals surface area contributed by atoms with E-state index in [1.54, 1.807) is 35.8 Å². The zero-order valence-electron chi connectivity index (χ0n) is 10.5. The van der Waals surface area contributed by atoms with Crippen molar-refractivity contribution in [2.45, 2.75) is 12.3 Å². The number of fused-ring (bicyclic) bond motifs is 1. The zero-order chi connectivity index (χ0) is 14.3. The first kappa shape index (κ1) is 13.3. The molecule has 0 amide bonds. The molecule has 0 aliphatic heterocycles. The molecule has 1 unspecified atom stereocenters. The van der Waals surface area contributed by atoms with Crippen molar-refractivity contribution >= 4 is 34.4 Å². The molecule has 3 aromatic rings. The van der Waals surface area contributed by atoms with Gasteiger partial charge in [0.05, 0.1) is 16.1 Å². The molecule has 102 valence electrons. The summed E-state index contributed by atoms with van der Waals surface area (Å²) in [6.07, 6.45) is 1.51. The third-order valence-corrected chi connectivity index (χ3v) is 3.34. The van der Waals surface area contributed by atoms with Gasteiger partial charge in [-0.05, 0) is 25.1 Å². The standard InChI is InChI=1S/C14H10Cl2FN3/c1-8(15)13-19-11-6-9(16)7-18-14(11)20(13)12-5-3-2-4-10(12)17/h2-8H,1H3. The van der Waals surface area contributed by atoms with E-state index in [-0.39, 0.29) is 11.2 Å². The van der Waals surface area contributed by atoms with Crippen LogP contribution in [0.25, 0.3) is 16.9 Å². The largest absolute Gasteiger partial charge is 0.276 e. The van der Waals surface area contributed by atoms with Gasteiger partial charge in [0.25, 0.3) is 0 Å². The molecule has 2 heterocycles. The normalized spacial score (nSPS) is 12.8. The first-order valence-corrected chi connectivity index (χ1v) is 6.82. The Balaban J connectivity index is 2.38. The van der Waals surface area contributed by atoms with Crippen LogP contribution in [0.4, 0.5) is 4.39 Å². The lowest BCUT2D eigenvalue weighted by molar-refractivity contribution is 0.616. The predicted molar refractivity (Wildman–Crippen MR) is 78.1 cm³/mol. The molecule has 0 saturated heterocycles. The quantitative estimate of drug-likeness (QED) is 0.652. The second kappa shape index (κ2) is 5.04. The molecule has 0 spiro atoms. The fourth-order valence-corrected chi connectivity index (χ4v) is 2.39. The van der Waals surface area contributed by atoms with Crippen LogP contribution in [0.15, 0.2) is 36.5 Å². The van der Waals surface area contributed by atoms with E-state index in [9.17, 15) is 4.39 Å². The second-order valence-corrected chi connectivity index (χ2v) is 5.46. The summed E-state index contributed by atoms with van der Waals surface area (Å²) in [4.78, 5) is 8.65. The van der Waals surface area contributed by atoms with Gasteiger partial charge in [-0.25, -0.2) is 14.4 Å². The number of para-hydroxylation sites is 1. The number of aromatic nitrogens is 3. The number of imidazole rings is 1. The Morgan fingerprint density at radius 2 is 2.05 bits per heavy atom. The number of hydrogen-bond acceptors (Lipinski definition) is 2. The molecule has 1 aromatic carbocycles. The monoisotopic (exact) mass is 309 g/mol. The van der Waals surface area contributed by atoms with Gasteiger partial charge < -0.3 is 0 Å². The average molecular weight is 310 g/mol. The lowest BCUT2D eigenvalue weighted by atomic mass is 10.3. The summed E-state index contributed by atoms with van der Waals surface area (Å²) in [7, 11) is 0. The molecule has 0 N–H and O–H groups in total. The number of alkyl halides is 1. The summed E-state index contributed by atoms with van der Waals surface area (Å²) >= 11 is 12.1. The smallest absolute Gasteiger partial charge is 0.164 e. The molecule has 0 radical (unpaired) electrons. The Labute approximate surface area is 125 Å². The minimum absolute atomic E-state index is 0.359. The van der Waals surface area contributed by atoms with E-state index in [0.717, 1.165) is 0 Å².